The van der Waals surface area contributed by atoms with Gasteiger partial charge in [-0.2, -0.15) is 0 Å². The summed E-state index contributed by atoms with van der Waals surface area (Å²) < 4.78 is 24.5. The van der Waals surface area contributed by atoms with Crippen LogP contribution in [0.2, 0.25) is 0 Å². The molecular formula is C13H20FIN2O2. The van der Waals surface area contributed by atoms with E-state index in [1.807, 2.05) is 34.4 Å². The maximum absolute atomic E-state index is 13.7. The normalized spacial score (nSPS) is 12.5. The van der Waals surface area contributed by atoms with Gasteiger partial charge >= 0.3 is 0 Å². The van der Waals surface area contributed by atoms with Crippen LogP contribution in [-0.2, 0) is 9.47 Å². The molecule has 19 heavy (non-hydrogen) atoms. The second-order valence-electron chi connectivity index (χ2n) is 4.32. The molecule has 0 aromatic heterocycles. The highest BCUT2D eigenvalue weighted by Gasteiger charge is 2.18. The highest BCUT2D eigenvalue weighted by atomic mass is 127. The lowest BCUT2D eigenvalue weighted by Crippen LogP contribution is -2.39. The van der Waals surface area contributed by atoms with Gasteiger partial charge in [-0.25, -0.2) is 4.39 Å². The van der Waals surface area contributed by atoms with Gasteiger partial charge < -0.3 is 20.1 Å². The van der Waals surface area contributed by atoms with Crippen LogP contribution in [0, 0.1) is 9.39 Å². The summed E-state index contributed by atoms with van der Waals surface area (Å²) in [4.78, 5) is 2.00. The van der Waals surface area contributed by atoms with E-state index in [0.29, 0.717) is 34.7 Å². The second-order valence-corrected chi connectivity index (χ2v) is 5.48. The third kappa shape index (κ3) is 4.47. The largest absolute Gasteiger partial charge is 0.397 e. The Morgan fingerprint density at radius 2 is 2.05 bits per heavy atom. The van der Waals surface area contributed by atoms with Crippen molar-refractivity contribution in [1.82, 2.24) is 0 Å². The number of nitrogen functional groups attached to an aromatic ring is 1. The minimum absolute atomic E-state index is 0.0851. The summed E-state index contributed by atoms with van der Waals surface area (Å²) in [5.41, 5.74) is 7.24. The van der Waals surface area contributed by atoms with Crippen LogP contribution in [0.25, 0.3) is 0 Å². The molecule has 0 bridgehead atoms. The number of benzene rings is 1. The van der Waals surface area contributed by atoms with Gasteiger partial charge in [-0.15, -0.1) is 0 Å². The zero-order chi connectivity index (χ0) is 14.4. The zero-order valence-corrected chi connectivity index (χ0v) is 13.6. The number of hydrogen-bond donors (Lipinski definition) is 1. The molecular weight excluding hydrogens is 362 g/mol. The number of methoxy groups -OCH3 is 2. The molecule has 1 atom stereocenters. The molecule has 0 heterocycles. The molecule has 0 radical (unpaired) electrons. The quantitative estimate of drug-likeness (QED) is 0.582. The Morgan fingerprint density at radius 3 is 2.63 bits per heavy atom. The van der Waals surface area contributed by atoms with Crippen molar-refractivity contribution in [1.29, 1.82) is 0 Å². The number of nitrogens with two attached hydrogens (primary N) is 1. The summed E-state index contributed by atoms with van der Waals surface area (Å²) in [7, 11) is 3.28. The first-order valence-corrected chi connectivity index (χ1v) is 7.08. The summed E-state index contributed by atoms with van der Waals surface area (Å²) in [6, 6.07) is 3.20. The highest BCUT2D eigenvalue weighted by molar-refractivity contribution is 14.1. The van der Waals surface area contributed by atoms with E-state index >= 15 is 0 Å². The van der Waals surface area contributed by atoms with Crippen LogP contribution in [0.1, 0.15) is 6.92 Å². The van der Waals surface area contributed by atoms with Crippen molar-refractivity contribution in [3.8, 4) is 0 Å². The molecule has 1 rings (SSSR count). The Morgan fingerprint density at radius 1 is 1.37 bits per heavy atom. The van der Waals surface area contributed by atoms with E-state index in [1.54, 1.807) is 20.3 Å². The van der Waals surface area contributed by atoms with Crippen molar-refractivity contribution < 1.29 is 13.9 Å². The van der Waals surface area contributed by atoms with Gasteiger partial charge in [0.25, 0.3) is 0 Å². The van der Waals surface area contributed by atoms with Crippen molar-refractivity contribution in [2.75, 3.05) is 44.6 Å². The molecule has 108 valence electrons. The van der Waals surface area contributed by atoms with Gasteiger partial charge in [-0.05, 0) is 35.6 Å². The Kier molecular flexibility index (Phi) is 6.81. The predicted molar refractivity (Wildman–Crippen MR) is 84.1 cm³/mol. The van der Waals surface area contributed by atoms with Crippen molar-refractivity contribution in [2.24, 2.45) is 0 Å². The van der Waals surface area contributed by atoms with Gasteiger partial charge in [-0.3, -0.25) is 0 Å². The lowest BCUT2D eigenvalue weighted by molar-refractivity contribution is 0.171. The topological polar surface area (TPSA) is 47.7 Å². The SMILES string of the molecule is COCCN(c1cc(F)c(I)cc1N)C(C)COC. The van der Waals surface area contributed by atoms with E-state index in [0.717, 1.165) is 0 Å². The van der Waals surface area contributed by atoms with E-state index < -0.39 is 0 Å². The number of anilines is 2. The summed E-state index contributed by atoms with van der Waals surface area (Å²) >= 11 is 1.93. The molecule has 0 spiro atoms. The number of rotatable bonds is 7. The maximum Gasteiger partial charge on any atom is 0.138 e. The predicted octanol–water partition coefficient (Wildman–Crippen LogP) is 2.50. The van der Waals surface area contributed by atoms with Crippen LogP contribution >= 0.6 is 22.6 Å². The molecule has 0 fully saturated rings. The zero-order valence-electron chi connectivity index (χ0n) is 11.5. The average molecular weight is 382 g/mol. The molecule has 0 aliphatic carbocycles. The molecule has 0 amide bonds. The van der Waals surface area contributed by atoms with E-state index in [2.05, 4.69) is 0 Å². The first-order chi connectivity index (χ1) is 9.01. The summed E-state index contributed by atoms with van der Waals surface area (Å²) in [6.45, 7) is 3.72. The van der Waals surface area contributed by atoms with Gasteiger partial charge in [0.2, 0.25) is 0 Å². The first kappa shape index (κ1) is 16.5. The first-order valence-electron chi connectivity index (χ1n) is 6.00. The third-order valence-corrected chi connectivity index (χ3v) is 3.68. The van der Waals surface area contributed by atoms with Crippen LogP contribution in [0.3, 0.4) is 0 Å². The van der Waals surface area contributed by atoms with Crippen molar-refractivity contribution >= 4 is 34.0 Å². The van der Waals surface area contributed by atoms with Crippen LogP contribution in [0.15, 0.2) is 12.1 Å². The van der Waals surface area contributed by atoms with Crippen molar-refractivity contribution in [3.05, 3.63) is 21.5 Å². The van der Waals surface area contributed by atoms with Gasteiger partial charge in [0, 0.05) is 32.9 Å². The Bertz CT molecular complexity index is 418. The molecule has 0 aliphatic heterocycles. The Balaban J connectivity index is 3.05. The standard InChI is InChI=1S/C13H20FIN2O2/c1-9(8-19-3)17(4-5-18-2)13-6-10(14)11(15)7-12(13)16/h6-7,9H,4-5,8,16H2,1-3H3. The summed E-state index contributed by atoms with van der Waals surface area (Å²) in [5, 5.41) is 0. The highest BCUT2D eigenvalue weighted by Crippen LogP contribution is 2.29. The maximum atomic E-state index is 13.7. The smallest absolute Gasteiger partial charge is 0.138 e. The lowest BCUT2D eigenvalue weighted by atomic mass is 10.2. The van der Waals surface area contributed by atoms with Crippen LogP contribution < -0.4 is 10.6 Å². The average Bonchev–Trinajstić information content (AvgIpc) is 2.36. The fourth-order valence-corrected chi connectivity index (χ4v) is 2.39. The Hall–Kier alpha value is -0.600. The summed E-state index contributed by atoms with van der Waals surface area (Å²) in [5.74, 6) is -0.267. The molecule has 0 saturated heterocycles. The van der Waals surface area contributed by atoms with Gasteiger partial charge in [0.15, 0.2) is 0 Å². The molecule has 6 heteroatoms. The molecule has 1 aromatic rings. The molecule has 0 saturated carbocycles. The number of hydrogen-bond acceptors (Lipinski definition) is 4. The number of nitrogens with zero attached hydrogens (tertiary/aromatic N) is 1. The molecule has 1 aromatic carbocycles. The van der Waals surface area contributed by atoms with Crippen molar-refractivity contribution in [2.45, 2.75) is 13.0 Å². The minimum Gasteiger partial charge on any atom is -0.397 e. The van der Waals surface area contributed by atoms with E-state index in [4.69, 9.17) is 15.2 Å². The second kappa shape index (κ2) is 7.86. The van der Waals surface area contributed by atoms with Gasteiger partial charge in [0.05, 0.1) is 28.2 Å². The monoisotopic (exact) mass is 382 g/mol. The van der Waals surface area contributed by atoms with Gasteiger partial charge in [0.1, 0.15) is 5.82 Å². The third-order valence-electron chi connectivity index (χ3n) is 2.86. The lowest BCUT2D eigenvalue weighted by Gasteiger charge is -2.32. The van der Waals surface area contributed by atoms with E-state index in [9.17, 15) is 4.39 Å². The van der Waals surface area contributed by atoms with Crippen LogP contribution in [0.4, 0.5) is 15.8 Å². The molecule has 0 aliphatic rings. The Labute approximate surface area is 127 Å². The fraction of sp³-hybridized carbons (Fsp3) is 0.538. The minimum atomic E-state index is -0.267. The summed E-state index contributed by atoms with van der Waals surface area (Å²) in [6.07, 6.45) is 0. The van der Waals surface area contributed by atoms with Crippen LogP contribution in [-0.4, -0.2) is 40.0 Å². The van der Waals surface area contributed by atoms with Crippen LogP contribution in [0.5, 0.6) is 0 Å². The molecule has 2 N–H and O–H groups in total. The molecule has 4 nitrogen and oxygen atoms in total. The van der Waals surface area contributed by atoms with E-state index in [-0.39, 0.29) is 11.9 Å². The van der Waals surface area contributed by atoms with E-state index in [1.165, 1.54) is 6.07 Å². The number of ether oxygens (including phenoxy) is 2. The fourth-order valence-electron chi connectivity index (χ4n) is 1.90. The molecule has 1 unspecified atom stereocenters. The van der Waals surface area contributed by atoms with Gasteiger partial charge in [-0.1, -0.05) is 0 Å². The number of halogens is 2. The van der Waals surface area contributed by atoms with Crippen molar-refractivity contribution in [3.63, 3.8) is 0 Å².